The van der Waals surface area contributed by atoms with Gasteiger partial charge < -0.3 is 4.90 Å². The minimum atomic E-state index is 0.0585. The topological polar surface area (TPSA) is 33.2 Å². The maximum atomic E-state index is 12.7. The van der Waals surface area contributed by atoms with Crippen molar-refractivity contribution in [3.8, 4) is 0 Å². The summed E-state index contributed by atoms with van der Waals surface area (Å²) >= 11 is 6.20. The second-order valence-electron chi connectivity index (χ2n) is 6.34. The van der Waals surface area contributed by atoms with E-state index in [2.05, 4.69) is 18.0 Å². The zero-order chi connectivity index (χ0) is 18.0. The highest BCUT2D eigenvalue weighted by molar-refractivity contribution is 6.31. The Kier molecular flexibility index (Phi) is 5.05. The van der Waals surface area contributed by atoms with Gasteiger partial charge in [-0.3, -0.25) is 9.78 Å². The molecule has 0 N–H and O–H groups in total. The smallest absolute Gasteiger partial charge is 0.227 e. The average Bonchev–Trinajstić information content (AvgIpc) is 2.60. The molecule has 1 aromatic heterocycles. The molecule has 0 spiro atoms. The number of hydrogen-bond donors (Lipinski definition) is 0. The van der Waals surface area contributed by atoms with Gasteiger partial charge in [0.2, 0.25) is 5.91 Å². The number of carbonyl (C=O) groups is 1. The van der Waals surface area contributed by atoms with Crippen molar-refractivity contribution in [1.82, 2.24) is 9.88 Å². The molecule has 0 saturated heterocycles. The van der Waals surface area contributed by atoms with Crippen molar-refractivity contribution < 1.29 is 4.79 Å². The number of halogens is 1. The van der Waals surface area contributed by atoms with Crippen LogP contribution in [0.15, 0.2) is 48.5 Å². The van der Waals surface area contributed by atoms with Crippen molar-refractivity contribution in [2.75, 3.05) is 7.05 Å². The molecule has 2 aromatic carbocycles. The molecule has 3 nitrogen and oxygen atoms in total. The number of likely N-dealkylation sites (N-methyl/N-ethyl adjacent to an activating group) is 1. The van der Waals surface area contributed by atoms with Crippen molar-refractivity contribution in [3.05, 3.63) is 75.9 Å². The van der Waals surface area contributed by atoms with Crippen molar-refractivity contribution in [2.24, 2.45) is 0 Å². The Morgan fingerprint density at radius 2 is 1.76 bits per heavy atom. The van der Waals surface area contributed by atoms with E-state index in [1.54, 1.807) is 4.90 Å². The summed E-state index contributed by atoms with van der Waals surface area (Å²) in [6.07, 6.45) is 0.344. The fourth-order valence-corrected chi connectivity index (χ4v) is 3.28. The number of fused-ring (bicyclic) bond motifs is 1. The quantitative estimate of drug-likeness (QED) is 0.681. The van der Waals surface area contributed by atoms with Crippen LogP contribution >= 0.6 is 11.6 Å². The van der Waals surface area contributed by atoms with Gasteiger partial charge in [-0.05, 0) is 42.7 Å². The van der Waals surface area contributed by atoms with Crippen LogP contribution in [0.2, 0.25) is 5.02 Å². The largest absolute Gasteiger partial charge is 0.341 e. The molecule has 0 bridgehead atoms. The van der Waals surface area contributed by atoms with Gasteiger partial charge in [0, 0.05) is 29.7 Å². The van der Waals surface area contributed by atoms with Crippen LogP contribution in [0.1, 0.15) is 22.4 Å². The van der Waals surface area contributed by atoms with E-state index >= 15 is 0 Å². The Morgan fingerprint density at radius 1 is 1.08 bits per heavy atom. The number of aromatic nitrogens is 1. The fraction of sp³-hybridized carbons (Fsp3) is 0.238. The summed E-state index contributed by atoms with van der Waals surface area (Å²) in [5.74, 6) is 0.0585. The first-order chi connectivity index (χ1) is 12.0. The summed E-state index contributed by atoms with van der Waals surface area (Å²) < 4.78 is 0. The minimum Gasteiger partial charge on any atom is -0.341 e. The molecule has 0 aliphatic rings. The Bertz CT molecular complexity index is 936. The monoisotopic (exact) mass is 352 g/mol. The lowest BCUT2D eigenvalue weighted by molar-refractivity contribution is -0.129. The highest BCUT2D eigenvalue weighted by atomic mass is 35.5. The van der Waals surface area contributed by atoms with E-state index in [-0.39, 0.29) is 5.91 Å². The number of aryl methyl sites for hydroxylation is 2. The minimum absolute atomic E-state index is 0.0585. The van der Waals surface area contributed by atoms with Crippen molar-refractivity contribution in [1.29, 1.82) is 0 Å². The Labute approximate surface area is 153 Å². The Balaban J connectivity index is 1.83. The zero-order valence-corrected chi connectivity index (χ0v) is 15.5. The Morgan fingerprint density at radius 3 is 2.52 bits per heavy atom. The third kappa shape index (κ3) is 3.67. The van der Waals surface area contributed by atoms with E-state index in [0.717, 1.165) is 33.3 Å². The standard InChI is InChI=1S/C21H21ClN2O/c1-14-17-9-5-7-11-20(17)23-15(2)18(14)12-21(25)24(3)13-16-8-4-6-10-19(16)22/h4-11H,12-13H2,1-3H3. The first-order valence-corrected chi connectivity index (χ1v) is 8.67. The van der Waals surface area contributed by atoms with Crippen LogP contribution in [0.4, 0.5) is 0 Å². The van der Waals surface area contributed by atoms with Crippen molar-refractivity contribution in [3.63, 3.8) is 0 Å². The Hall–Kier alpha value is -2.39. The molecule has 0 aliphatic carbocycles. The molecule has 3 rings (SSSR count). The third-order valence-corrected chi connectivity index (χ3v) is 4.97. The van der Waals surface area contributed by atoms with Crippen LogP contribution in [0.5, 0.6) is 0 Å². The fourth-order valence-electron chi connectivity index (χ4n) is 3.09. The van der Waals surface area contributed by atoms with E-state index in [9.17, 15) is 4.79 Å². The molecule has 1 amide bonds. The summed E-state index contributed by atoms with van der Waals surface area (Å²) in [5.41, 5.74) is 4.97. The summed E-state index contributed by atoms with van der Waals surface area (Å²) in [6, 6.07) is 15.7. The summed E-state index contributed by atoms with van der Waals surface area (Å²) in [6.45, 7) is 4.53. The molecule has 0 saturated carbocycles. The molecule has 0 unspecified atom stereocenters. The van der Waals surface area contributed by atoms with Crippen molar-refractivity contribution in [2.45, 2.75) is 26.8 Å². The molecule has 4 heteroatoms. The number of carbonyl (C=O) groups excluding carboxylic acids is 1. The number of pyridine rings is 1. The number of nitrogens with zero attached hydrogens (tertiary/aromatic N) is 2. The van der Waals surface area contributed by atoms with Gasteiger partial charge in [-0.2, -0.15) is 0 Å². The number of rotatable bonds is 4. The molecule has 0 aliphatic heterocycles. The lowest BCUT2D eigenvalue weighted by Crippen LogP contribution is -2.28. The molecule has 0 atom stereocenters. The van der Waals surface area contributed by atoms with E-state index < -0.39 is 0 Å². The first kappa shape index (κ1) is 17.4. The predicted molar refractivity (Wildman–Crippen MR) is 103 cm³/mol. The second-order valence-corrected chi connectivity index (χ2v) is 6.74. The van der Waals surface area contributed by atoms with Gasteiger partial charge in [-0.1, -0.05) is 48.0 Å². The maximum Gasteiger partial charge on any atom is 0.227 e. The summed E-state index contributed by atoms with van der Waals surface area (Å²) in [5, 5.41) is 1.78. The predicted octanol–water partition coefficient (Wildman–Crippen LogP) is 4.71. The van der Waals surface area contributed by atoms with Gasteiger partial charge in [0.1, 0.15) is 0 Å². The maximum absolute atomic E-state index is 12.7. The number of para-hydroxylation sites is 1. The molecule has 0 fully saturated rings. The number of hydrogen-bond acceptors (Lipinski definition) is 2. The van der Waals surface area contributed by atoms with Gasteiger partial charge >= 0.3 is 0 Å². The second kappa shape index (κ2) is 7.24. The van der Waals surface area contributed by atoms with Crippen molar-refractivity contribution >= 4 is 28.4 Å². The normalized spacial score (nSPS) is 10.9. The van der Waals surface area contributed by atoms with Crippen LogP contribution in [0.3, 0.4) is 0 Å². The molecule has 0 radical (unpaired) electrons. The lowest BCUT2D eigenvalue weighted by Gasteiger charge is -2.20. The van der Waals surface area contributed by atoms with Gasteiger partial charge in [0.25, 0.3) is 0 Å². The van der Waals surface area contributed by atoms with Crippen LogP contribution in [0, 0.1) is 13.8 Å². The summed E-state index contributed by atoms with van der Waals surface area (Å²) in [7, 11) is 1.81. The van der Waals surface area contributed by atoms with Gasteiger partial charge in [-0.15, -0.1) is 0 Å². The molecular weight excluding hydrogens is 332 g/mol. The zero-order valence-electron chi connectivity index (χ0n) is 14.7. The van der Waals surface area contributed by atoms with Crippen LogP contribution in [-0.2, 0) is 17.8 Å². The molecule has 3 aromatic rings. The van der Waals surface area contributed by atoms with E-state index in [1.807, 2.05) is 56.4 Å². The van der Waals surface area contributed by atoms with Gasteiger partial charge in [0.05, 0.1) is 11.9 Å². The van der Waals surface area contributed by atoms with E-state index in [1.165, 1.54) is 0 Å². The third-order valence-electron chi connectivity index (χ3n) is 4.60. The van der Waals surface area contributed by atoms with Crippen LogP contribution in [0.25, 0.3) is 10.9 Å². The highest BCUT2D eigenvalue weighted by Crippen LogP contribution is 2.24. The molecule has 25 heavy (non-hydrogen) atoms. The molecule has 1 heterocycles. The number of amides is 1. The highest BCUT2D eigenvalue weighted by Gasteiger charge is 2.16. The van der Waals surface area contributed by atoms with E-state index in [0.29, 0.717) is 18.0 Å². The number of benzene rings is 2. The van der Waals surface area contributed by atoms with Gasteiger partial charge in [0.15, 0.2) is 0 Å². The lowest BCUT2D eigenvalue weighted by atomic mass is 9.99. The average molecular weight is 353 g/mol. The summed E-state index contributed by atoms with van der Waals surface area (Å²) in [4.78, 5) is 19.1. The SMILES string of the molecule is Cc1nc2ccccc2c(C)c1CC(=O)N(C)Cc1ccccc1Cl. The van der Waals surface area contributed by atoms with Crippen LogP contribution < -0.4 is 0 Å². The first-order valence-electron chi connectivity index (χ1n) is 8.29. The molecule has 128 valence electrons. The molecular formula is C21H21ClN2O. The van der Waals surface area contributed by atoms with Gasteiger partial charge in [-0.25, -0.2) is 0 Å². The van der Waals surface area contributed by atoms with Crippen LogP contribution in [-0.4, -0.2) is 22.8 Å². The van der Waals surface area contributed by atoms with E-state index in [4.69, 9.17) is 11.6 Å².